The van der Waals surface area contributed by atoms with Gasteiger partial charge in [0.05, 0.1) is 0 Å². The minimum absolute atomic E-state index is 0.00107. The van der Waals surface area contributed by atoms with Crippen molar-refractivity contribution in [3.8, 4) is 0 Å². The van der Waals surface area contributed by atoms with Crippen LogP contribution in [0.15, 0.2) is 12.7 Å². The fourth-order valence-corrected chi connectivity index (χ4v) is 4.11. The number of carbonyl (C=O) groups is 2. The second-order valence-corrected chi connectivity index (χ2v) is 7.62. The zero-order valence-electron chi connectivity index (χ0n) is 13.3. The van der Waals surface area contributed by atoms with E-state index in [9.17, 15) is 9.59 Å². The molecule has 23 heavy (non-hydrogen) atoms. The fraction of sp³-hybridized carbons (Fsp3) is 0.733. The highest BCUT2D eigenvalue weighted by molar-refractivity contribution is 7.99. The Morgan fingerprint density at radius 1 is 1.39 bits per heavy atom. The number of rotatable bonds is 6. The molecule has 0 unspecified atom stereocenters. The molecule has 8 heteroatoms. The molecule has 0 spiro atoms. The quantitative estimate of drug-likeness (QED) is 0.544. The van der Waals surface area contributed by atoms with E-state index in [-0.39, 0.29) is 17.8 Å². The largest absolute Gasteiger partial charge is 0.445 e. The summed E-state index contributed by atoms with van der Waals surface area (Å²) in [5.74, 6) is 2.19. The summed E-state index contributed by atoms with van der Waals surface area (Å²) in [7, 11) is 0. The molecule has 2 fully saturated rings. The molecular weight excluding hydrogens is 334 g/mol. The van der Waals surface area contributed by atoms with Gasteiger partial charge >= 0.3 is 6.09 Å². The Morgan fingerprint density at radius 2 is 2.13 bits per heavy atom. The van der Waals surface area contributed by atoms with Crippen molar-refractivity contribution in [2.24, 2.45) is 0 Å². The molecule has 0 aliphatic carbocycles. The van der Waals surface area contributed by atoms with Crippen LogP contribution in [0.3, 0.4) is 0 Å². The van der Waals surface area contributed by atoms with E-state index in [1.807, 2.05) is 11.8 Å². The lowest BCUT2D eigenvalue weighted by molar-refractivity contribution is -0.125. The van der Waals surface area contributed by atoms with Crippen molar-refractivity contribution in [2.75, 3.05) is 50.8 Å². The van der Waals surface area contributed by atoms with Gasteiger partial charge in [0.2, 0.25) is 5.91 Å². The highest BCUT2D eigenvalue weighted by atomic mass is 32.2. The number of hydrogen-bond donors (Lipinski definition) is 2. The molecule has 2 amide bonds. The summed E-state index contributed by atoms with van der Waals surface area (Å²) in [5, 5.41) is 2.94. The molecule has 0 bridgehead atoms. The number of nitrogens with one attached hydrogen (secondary N) is 1. The van der Waals surface area contributed by atoms with Crippen molar-refractivity contribution in [1.29, 1.82) is 0 Å². The number of likely N-dealkylation sites (tertiary alicyclic amines) is 1. The maximum Gasteiger partial charge on any atom is 0.410 e. The minimum atomic E-state index is -0.494. The summed E-state index contributed by atoms with van der Waals surface area (Å²) in [4.78, 5) is 28.2. The lowest BCUT2D eigenvalue weighted by Crippen LogP contribution is -2.48. The lowest BCUT2D eigenvalue weighted by Gasteiger charge is -2.27. The van der Waals surface area contributed by atoms with E-state index in [1.54, 1.807) is 0 Å². The molecule has 6 nitrogen and oxygen atoms in total. The van der Waals surface area contributed by atoms with E-state index in [2.05, 4.69) is 29.4 Å². The average Bonchev–Trinajstić information content (AvgIpc) is 2.95. The number of ether oxygens (including phenoxy) is 1. The molecule has 2 atom stereocenters. The van der Waals surface area contributed by atoms with Crippen molar-refractivity contribution in [3.05, 3.63) is 12.7 Å². The number of amides is 2. The summed E-state index contributed by atoms with van der Waals surface area (Å²) in [6.07, 6.45) is 1.59. The Hall–Kier alpha value is -0.860. The summed E-state index contributed by atoms with van der Waals surface area (Å²) in [6, 6.07) is -0.494. The van der Waals surface area contributed by atoms with Crippen molar-refractivity contribution in [2.45, 2.75) is 17.7 Å². The zero-order valence-corrected chi connectivity index (χ0v) is 15.0. The van der Waals surface area contributed by atoms with Crippen molar-refractivity contribution in [3.63, 3.8) is 0 Å². The molecule has 0 saturated carbocycles. The van der Waals surface area contributed by atoms with Gasteiger partial charge in [-0.05, 0) is 6.42 Å². The van der Waals surface area contributed by atoms with Crippen molar-refractivity contribution < 1.29 is 14.3 Å². The second kappa shape index (κ2) is 9.44. The number of hydrogen-bond acceptors (Lipinski definition) is 6. The van der Waals surface area contributed by atoms with Gasteiger partial charge < -0.3 is 10.1 Å². The SMILES string of the molecule is C=CCOC(=O)N1C[C@@H](S)C[C@H]1C(=O)NCCN1CCSCC1. The Labute approximate surface area is 147 Å². The number of carbonyl (C=O) groups excluding carboxylic acids is 2. The molecule has 0 aromatic rings. The van der Waals surface area contributed by atoms with Crippen LogP contribution in [0.4, 0.5) is 4.79 Å². The average molecular weight is 360 g/mol. The third-order valence-electron chi connectivity index (χ3n) is 3.97. The normalized spacial score (nSPS) is 25.2. The van der Waals surface area contributed by atoms with Gasteiger partial charge in [-0.15, -0.1) is 0 Å². The Bertz CT molecular complexity index is 430. The van der Waals surface area contributed by atoms with E-state index in [1.165, 1.54) is 11.0 Å². The second-order valence-electron chi connectivity index (χ2n) is 5.67. The van der Waals surface area contributed by atoms with Crippen LogP contribution >= 0.6 is 24.4 Å². The molecule has 2 saturated heterocycles. The van der Waals surface area contributed by atoms with Gasteiger partial charge in [-0.3, -0.25) is 14.6 Å². The van der Waals surface area contributed by atoms with Crippen molar-refractivity contribution in [1.82, 2.24) is 15.1 Å². The molecule has 2 aliphatic rings. The van der Waals surface area contributed by atoms with Crippen LogP contribution < -0.4 is 5.32 Å². The van der Waals surface area contributed by atoms with Crippen LogP contribution in [-0.2, 0) is 9.53 Å². The molecule has 1 N–H and O–H groups in total. The highest BCUT2D eigenvalue weighted by Crippen LogP contribution is 2.22. The first-order valence-corrected chi connectivity index (χ1v) is 9.59. The Balaban J connectivity index is 1.78. The smallest absolute Gasteiger partial charge is 0.410 e. The number of thioether (sulfide) groups is 1. The fourth-order valence-electron chi connectivity index (χ4n) is 2.76. The van der Waals surface area contributed by atoms with E-state index in [4.69, 9.17) is 4.74 Å². The van der Waals surface area contributed by atoms with Gasteiger partial charge in [-0.2, -0.15) is 24.4 Å². The Morgan fingerprint density at radius 3 is 2.83 bits per heavy atom. The van der Waals surface area contributed by atoms with Gasteiger partial charge in [0.15, 0.2) is 0 Å². The van der Waals surface area contributed by atoms with Crippen LogP contribution in [0.2, 0.25) is 0 Å². The Kier molecular flexibility index (Phi) is 7.58. The minimum Gasteiger partial charge on any atom is -0.445 e. The number of thiol groups is 1. The molecule has 130 valence electrons. The summed E-state index contributed by atoms with van der Waals surface area (Å²) >= 11 is 6.37. The van der Waals surface area contributed by atoms with Gasteiger partial charge in [0.25, 0.3) is 0 Å². The predicted octanol–water partition coefficient (Wildman–Crippen LogP) is 0.847. The van der Waals surface area contributed by atoms with E-state index < -0.39 is 12.1 Å². The lowest BCUT2D eigenvalue weighted by atomic mass is 10.2. The van der Waals surface area contributed by atoms with Crippen LogP contribution in [-0.4, -0.2) is 83.9 Å². The maximum atomic E-state index is 12.4. The third kappa shape index (κ3) is 5.61. The highest BCUT2D eigenvalue weighted by Gasteiger charge is 2.39. The summed E-state index contributed by atoms with van der Waals surface area (Å²) in [5.41, 5.74) is 0. The predicted molar refractivity (Wildman–Crippen MR) is 96.2 cm³/mol. The molecule has 0 aromatic carbocycles. The monoisotopic (exact) mass is 359 g/mol. The standard InChI is InChI=1S/C15H25N3O3S2/c1-2-7-21-15(20)18-11-12(22)10-13(18)14(19)16-3-4-17-5-8-23-9-6-17/h2,12-13,22H,1,3-11H2,(H,16,19)/t12-,13-/m0/s1. The first kappa shape index (κ1) is 18.5. The molecule has 2 aliphatic heterocycles. The van der Waals surface area contributed by atoms with E-state index in [0.29, 0.717) is 19.5 Å². The van der Waals surface area contributed by atoms with Crippen LogP contribution in [0.25, 0.3) is 0 Å². The van der Waals surface area contributed by atoms with Crippen LogP contribution in [0.1, 0.15) is 6.42 Å². The topological polar surface area (TPSA) is 61.9 Å². The van der Waals surface area contributed by atoms with E-state index >= 15 is 0 Å². The maximum absolute atomic E-state index is 12.4. The molecule has 2 rings (SSSR count). The number of nitrogens with zero attached hydrogens (tertiary/aromatic N) is 2. The summed E-state index contributed by atoms with van der Waals surface area (Å²) in [6.45, 7) is 7.69. The van der Waals surface area contributed by atoms with Gasteiger partial charge in [-0.1, -0.05) is 12.7 Å². The molecule has 0 radical (unpaired) electrons. The third-order valence-corrected chi connectivity index (χ3v) is 5.29. The first-order chi connectivity index (χ1) is 11.1. The van der Waals surface area contributed by atoms with Gasteiger partial charge in [-0.25, -0.2) is 4.79 Å². The van der Waals surface area contributed by atoms with E-state index in [0.717, 1.165) is 31.1 Å². The van der Waals surface area contributed by atoms with Gasteiger partial charge in [0.1, 0.15) is 12.6 Å². The van der Waals surface area contributed by atoms with Crippen molar-refractivity contribution >= 4 is 36.4 Å². The summed E-state index contributed by atoms with van der Waals surface area (Å²) < 4.78 is 5.05. The molecule has 0 aromatic heterocycles. The zero-order chi connectivity index (χ0) is 16.7. The van der Waals surface area contributed by atoms with Crippen LogP contribution in [0, 0.1) is 0 Å². The first-order valence-electron chi connectivity index (χ1n) is 7.92. The van der Waals surface area contributed by atoms with Crippen LogP contribution in [0.5, 0.6) is 0 Å². The van der Waals surface area contributed by atoms with Gasteiger partial charge in [0, 0.05) is 49.5 Å². The molecular formula is C15H25N3O3S2. The molecule has 2 heterocycles.